The third-order valence-electron chi connectivity index (χ3n) is 4.12. The van der Waals surface area contributed by atoms with Crippen LogP contribution in [0.2, 0.25) is 0 Å². The molecule has 2 aromatic rings. The quantitative estimate of drug-likeness (QED) is 0.302. The first-order valence-electron chi connectivity index (χ1n) is 9.01. The summed E-state index contributed by atoms with van der Waals surface area (Å²) in [5.74, 6) is -0.0230. The van der Waals surface area contributed by atoms with Gasteiger partial charge in [-0.1, -0.05) is 29.8 Å². The van der Waals surface area contributed by atoms with Crippen LogP contribution in [-0.2, 0) is 4.79 Å². The van der Waals surface area contributed by atoms with Crippen molar-refractivity contribution in [1.29, 1.82) is 5.26 Å². The number of carbonyl (C=O) groups excluding carboxylic acids is 1. The molecule has 1 amide bonds. The predicted molar refractivity (Wildman–Crippen MR) is 109 cm³/mol. The molecule has 1 atom stereocenters. The van der Waals surface area contributed by atoms with Gasteiger partial charge in [0.1, 0.15) is 23.1 Å². The highest BCUT2D eigenvalue weighted by Crippen LogP contribution is 2.27. The van der Waals surface area contributed by atoms with E-state index in [0.717, 1.165) is 16.9 Å². The van der Waals surface area contributed by atoms with Crippen LogP contribution in [0.15, 0.2) is 54.2 Å². The number of rotatable bonds is 8. The largest absolute Gasteiger partial charge is 0.494 e. The van der Waals surface area contributed by atoms with Gasteiger partial charge in [-0.25, -0.2) is 0 Å². The summed E-state index contributed by atoms with van der Waals surface area (Å²) in [7, 11) is 0. The zero-order valence-electron chi connectivity index (χ0n) is 16.4. The van der Waals surface area contributed by atoms with Crippen molar-refractivity contribution in [1.82, 2.24) is 5.32 Å². The zero-order valence-corrected chi connectivity index (χ0v) is 16.4. The molecule has 0 fully saturated rings. The van der Waals surface area contributed by atoms with E-state index in [9.17, 15) is 20.2 Å². The first-order valence-corrected chi connectivity index (χ1v) is 9.01. The monoisotopic (exact) mass is 394 g/mol. The van der Waals surface area contributed by atoms with Gasteiger partial charge in [0.2, 0.25) is 0 Å². The summed E-state index contributed by atoms with van der Waals surface area (Å²) in [6.07, 6.45) is 1.30. The summed E-state index contributed by atoms with van der Waals surface area (Å²) in [6, 6.07) is 13.1. The van der Waals surface area contributed by atoms with Crippen molar-refractivity contribution < 1.29 is 14.5 Å². The van der Waals surface area contributed by atoms with Gasteiger partial charge in [0.25, 0.3) is 11.6 Å². The molecule has 0 saturated carbocycles. The summed E-state index contributed by atoms with van der Waals surface area (Å²) in [4.78, 5) is 22.9. The van der Waals surface area contributed by atoms with Crippen molar-refractivity contribution in [2.75, 3.05) is 11.9 Å². The fourth-order valence-corrected chi connectivity index (χ4v) is 2.67. The van der Waals surface area contributed by atoms with E-state index in [1.54, 1.807) is 6.07 Å². The first-order chi connectivity index (χ1) is 13.9. The van der Waals surface area contributed by atoms with Crippen LogP contribution in [0.25, 0.3) is 0 Å². The predicted octanol–water partition coefficient (Wildman–Crippen LogP) is 4.00. The van der Waals surface area contributed by atoms with E-state index in [2.05, 4.69) is 10.6 Å². The lowest BCUT2D eigenvalue weighted by Crippen LogP contribution is -2.19. The van der Waals surface area contributed by atoms with E-state index >= 15 is 0 Å². The van der Waals surface area contributed by atoms with E-state index in [4.69, 9.17) is 4.74 Å². The van der Waals surface area contributed by atoms with Crippen LogP contribution in [0, 0.1) is 28.4 Å². The second-order valence-corrected chi connectivity index (χ2v) is 6.26. The van der Waals surface area contributed by atoms with Gasteiger partial charge in [-0.3, -0.25) is 14.9 Å². The van der Waals surface area contributed by atoms with Crippen molar-refractivity contribution in [3.8, 4) is 11.8 Å². The van der Waals surface area contributed by atoms with Gasteiger partial charge in [0.05, 0.1) is 17.6 Å². The Morgan fingerprint density at radius 1 is 1.34 bits per heavy atom. The second kappa shape index (κ2) is 9.90. The Labute approximate surface area is 169 Å². The molecule has 8 heteroatoms. The third-order valence-corrected chi connectivity index (χ3v) is 4.12. The van der Waals surface area contributed by atoms with Gasteiger partial charge in [-0.05, 0) is 32.9 Å². The smallest absolute Gasteiger partial charge is 0.292 e. The first kappa shape index (κ1) is 21.4. The number of carbonyl (C=O) groups is 1. The number of nitro benzene ring substituents is 1. The number of benzene rings is 2. The Bertz CT molecular complexity index is 979. The minimum Gasteiger partial charge on any atom is -0.494 e. The minimum absolute atomic E-state index is 0.0222. The van der Waals surface area contributed by atoms with Crippen LogP contribution in [0.3, 0.4) is 0 Å². The Kier molecular flexibility index (Phi) is 7.32. The number of nitriles is 1. The molecule has 0 aliphatic heterocycles. The van der Waals surface area contributed by atoms with Crippen molar-refractivity contribution in [3.05, 3.63) is 75.5 Å². The average Bonchev–Trinajstić information content (AvgIpc) is 2.70. The number of hydrogen-bond donors (Lipinski definition) is 2. The number of aryl methyl sites for hydroxylation is 1. The molecule has 0 spiro atoms. The van der Waals surface area contributed by atoms with E-state index in [1.807, 2.05) is 45.0 Å². The van der Waals surface area contributed by atoms with Crippen molar-refractivity contribution >= 4 is 17.3 Å². The van der Waals surface area contributed by atoms with E-state index in [1.165, 1.54) is 24.4 Å². The van der Waals surface area contributed by atoms with Crippen LogP contribution < -0.4 is 15.4 Å². The molecule has 0 radical (unpaired) electrons. The Morgan fingerprint density at radius 3 is 2.72 bits per heavy atom. The summed E-state index contributed by atoms with van der Waals surface area (Å²) in [5, 5.41) is 25.9. The van der Waals surface area contributed by atoms with Crippen LogP contribution in [-0.4, -0.2) is 17.4 Å². The van der Waals surface area contributed by atoms with Crippen molar-refractivity contribution in [2.45, 2.75) is 26.8 Å². The molecule has 0 heterocycles. The Hall–Kier alpha value is -3.86. The number of anilines is 1. The van der Waals surface area contributed by atoms with Gasteiger partial charge in [0.15, 0.2) is 0 Å². The average molecular weight is 394 g/mol. The maximum absolute atomic E-state index is 12.4. The summed E-state index contributed by atoms with van der Waals surface area (Å²) >= 11 is 0. The number of ether oxygens (including phenoxy) is 1. The van der Waals surface area contributed by atoms with Crippen molar-refractivity contribution in [3.63, 3.8) is 0 Å². The second-order valence-electron chi connectivity index (χ2n) is 6.26. The number of amides is 1. The van der Waals surface area contributed by atoms with E-state index in [-0.39, 0.29) is 23.0 Å². The van der Waals surface area contributed by atoms with Gasteiger partial charge >= 0.3 is 0 Å². The Morgan fingerprint density at radius 2 is 2.07 bits per heavy atom. The molecular formula is C21H22N4O4. The number of nitrogens with one attached hydrogen (secondary N) is 2. The highest BCUT2D eigenvalue weighted by Gasteiger charge is 2.18. The standard InChI is InChI=1S/C21H22N4O4/c1-4-29-20-10-9-14(2)11-17(20)15(3)23-13-16(12-22)21(26)24-18-7-5-6-8-19(18)25(27)28/h5-11,13,15,23H,4H2,1-3H3,(H,24,26)/b16-13-. The summed E-state index contributed by atoms with van der Waals surface area (Å²) in [5.41, 5.74) is 1.51. The number of hydrogen-bond acceptors (Lipinski definition) is 6. The highest BCUT2D eigenvalue weighted by molar-refractivity contribution is 6.07. The lowest BCUT2D eigenvalue weighted by Gasteiger charge is -2.18. The molecular weight excluding hydrogens is 372 g/mol. The van der Waals surface area contributed by atoms with Gasteiger partial charge < -0.3 is 15.4 Å². The fourth-order valence-electron chi connectivity index (χ4n) is 2.67. The van der Waals surface area contributed by atoms with Crippen molar-refractivity contribution in [2.24, 2.45) is 0 Å². The minimum atomic E-state index is -0.740. The zero-order chi connectivity index (χ0) is 21.4. The lowest BCUT2D eigenvalue weighted by molar-refractivity contribution is -0.383. The van der Waals surface area contributed by atoms with E-state index < -0.39 is 10.8 Å². The maximum atomic E-state index is 12.4. The molecule has 2 rings (SSSR count). The topological polar surface area (TPSA) is 117 Å². The number of nitro groups is 1. The number of para-hydroxylation sites is 2. The molecule has 2 aromatic carbocycles. The summed E-state index contributed by atoms with van der Waals surface area (Å²) in [6.45, 7) is 6.24. The molecule has 0 bridgehead atoms. The normalized spacial score (nSPS) is 11.9. The van der Waals surface area contributed by atoms with E-state index in [0.29, 0.717) is 6.61 Å². The van der Waals surface area contributed by atoms with Crippen LogP contribution >= 0.6 is 0 Å². The molecule has 150 valence electrons. The van der Waals surface area contributed by atoms with Crippen LogP contribution in [0.1, 0.15) is 31.0 Å². The molecule has 2 N–H and O–H groups in total. The molecule has 1 unspecified atom stereocenters. The molecule has 0 saturated heterocycles. The molecule has 0 aromatic heterocycles. The number of nitrogens with zero attached hydrogens (tertiary/aromatic N) is 2. The SMILES string of the molecule is CCOc1ccc(C)cc1C(C)N/C=C(/C#N)C(=O)Nc1ccccc1[N+](=O)[O-]. The molecule has 0 aliphatic carbocycles. The van der Waals surface area contributed by atoms with Gasteiger partial charge in [0, 0.05) is 17.8 Å². The molecule has 29 heavy (non-hydrogen) atoms. The van der Waals surface area contributed by atoms with Crippen LogP contribution in [0.5, 0.6) is 5.75 Å². The highest BCUT2D eigenvalue weighted by atomic mass is 16.6. The lowest BCUT2D eigenvalue weighted by atomic mass is 10.0. The maximum Gasteiger partial charge on any atom is 0.292 e. The third kappa shape index (κ3) is 5.56. The van der Waals surface area contributed by atoms with Gasteiger partial charge in [-0.15, -0.1) is 0 Å². The van der Waals surface area contributed by atoms with Gasteiger partial charge in [-0.2, -0.15) is 5.26 Å². The fraction of sp³-hybridized carbons (Fsp3) is 0.238. The Balaban J connectivity index is 2.18. The van der Waals surface area contributed by atoms with Crippen LogP contribution in [0.4, 0.5) is 11.4 Å². The molecule has 8 nitrogen and oxygen atoms in total. The molecule has 0 aliphatic rings. The summed E-state index contributed by atoms with van der Waals surface area (Å²) < 4.78 is 5.64.